The van der Waals surface area contributed by atoms with Gasteiger partial charge >= 0.3 is 0 Å². The molecule has 3 aromatic carbocycles. The van der Waals surface area contributed by atoms with Gasteiger partial charge in [-0.15, -0.1) is 10.2 Å². The molecule has 174 valence electrons. The predicted octanol–water partition coefficient (Wildman–Crippen LogP) is 5.12. The van der Waals surface area contributed by atoms with Crippen LogP contribution in [0.25, 0.3) is 5.69 Å². The van der Waals surface area contributed by atoms with E-state index in [-0.39, 0.29) is 11.7 Å². The summed E-state index contributed by atoms with van der Waals surface area (Å²) in [7, 11) is 0. The largest absolute Gasteiger partial charge is 0.398 e. The highest BCUT2D eigenvalue weighted by atomic mass is 32.2. The van der Waals surface area contributed by atoms with Crippen LogP contribution in [0.5, 0.6) is 0 Å². The number of hydrogen-bond donors (Lipinski definition) is 3. The van der Waals surface area contributed by atoms with Gasteiger partial charge in [0, 0.05) is 22.7 Å². The fourth-order valence-corrected chi connectivity index (χ4v) is 4.13. The monoisotopic (exact) mass is 472 g/mol. The van der Waals surface area contributed by atoms with Crippen molar-refractivity contribution in [1.29, 1.82) is 0 Å². The summed E-state index contributed by atoms with van der Waals surface area (Å²) in [5, 5.41) is 15.8. The molecule has 0 saturated heterocycles. The van der Waals surface area contributed by atoms with Gasteiger partial charge in [-0.2, -0.15) is 0 Å². The van der Waals surface area contributed by atoms with Gasteiger partial charge in [0.05, 0.1) is 12.3 Å². The van der Waals surface area contributed by atoms with Crippen molar-refractivity contribution in [2.24, 2.45) is 0 Å². The Bertz CT molecular complexity index is 1280. The molecule has 34 heavy (non-hydrogen) atoms. The lowest BCUT2D eigenvalue weighted by atomic mass is 10.2. The van der Waals surface area contributed by atoms with Crippen LogP contribution in [0.4, 0.5) is 17.1 Å². The molecule has 0 aliphatic carbocycles. The molecule has 1 heterocycles. The van der Waals surface area contributed by atoms with Gasteiger partial charge in [0.15, 0.2) is 11.0 Å². The molecule has 0 saturated carbocycles. The van der Waals surface area contributed by atoms with Crippen LogP contribution < -0.4 is 16.4 Å². The Kier molecular flexibility index (Phi) is 7.18. The Balaban J connectivity index is 1.50. The Labute approximate surface area is 203 Å². The van der Waals surface area contributed by atoms with E-state index in [1.54, 1.807) is 6.07 Å². The lowest BCUT2D eigenvalue weighted by Crippen LogP contribution is -2.15. The Morgan fingerprint density at radius 3 is 2.24 bits per heavy atom. The molecule has 0 spiro atoms. The highest BCUT2D eigenvalue weighted by Crippen LogP contribution is 2.24. The lowest BCUT2D eigenvalue weighted by molar-refractivity contribution is -0.113. The number of nitrogens with one attached hydrogen (secondary N) is 2. The number of anilines is 3. The summed E-state index contributed by atoms with van der Waals surface area (Å²) < 4.78 is 1.99. The molecule has 4 aromatic rings. The van der Waals surface area contributed by atoms with E-state index in [9.17, 15) is 4.79 Å². The Morgan fingerprint density at radius 2 is 1.56 bits per heavy atom. The zero-order valence-corrected chi connectivity index (χ0v) is 20.3. The second-order valence-electron chi connectivity index (χ2n) is 8.20. The maximum atomic E-state index is 12.6. The van der Waals surface area contributed by atoms with Gasteiger partial charge in [-0.1, -0.05) is 53.2 Å². The molecule has 0 aliphatic rings. The van der Waals surface area contributed by atoms with E-state index in [0.29, 0.717) is 23.1 Å². The van der Waals surface area contributed by atoms with Crippen molar-refractivity contribution >= 4 is 34.7 Å². The maximum Gasteiger partial charge on any atom is 0.234 e. The number of carbonyl (C=O) groups excluding carboxylic acids is 1. The summed E-state index contributed by atoms with van der Waals surface area (Å²) in [6.45, 7) is 6.54. The van der Waals surface area contributed by atoms with Crippen molar-refractivity contribution in [3.8, 4) is 5.69 Å². The molecule has 7 nitrogen and oxygen atoms in total. The number of aromatic nitrogens is 3. The van der Waals surface area contributed by atoms with Crippen LogP contribution in [0.2, 0.25) is 0 Å². The zero-order chi connectivity index (χ0) is 24.1. The van der Waals surface area contributed by atoms with Crippen molar-refractivity contribution < 1.29 is 4.79 Å². The van der Waals surface area contributed by atoms with Crippen LogP contribution in [0.3, 0.4) is 0 Å². The lowest BCUT2D eigenvalue weighted by Gasteiger charge is -2.12. The summed E-state index contributed by atoms with van der Waals surface area (Å²) in [6.07, 6.45) is 0. The first kappa shape index (κ1) is 23.4. The third kappa shape index (κ3) is 5.77. The molecule has 1 aromatic heterocycles. The van der Waals surface area contributed by atoms with Crippen molar-refractivity contribution in [3.63, 3.8) is 0 Å². The van der Waals surface area contributed by atoms with Crippen LogP contribution in [-0.4, -0.2) is 26.4 Å². The average molecular weight is 473 g/mol. The molecule has 0 unspecified atom stereocenters. The van der Waals surface area contributed by atoms with Gasteiger partial charge in [0.2, 0.25) is 5.91 Å². The van der Waals surface area contributed by atoms with Gasteiger partial charge in [-0.3, -0.25) is 9.36 Å². The molecule has 1 amide bonds. The molecule has 0 aliphatic heterocycles. The van der Waals surface area contributed by atoms with E-state index in [4.69, 9.17) is 5.73 Å². The molecule has 4 N–H and O–H groups in total. The number of hydrogen-bond acceptors (Lipinski definition) is 6. The standard InChI is InChI=1S/C26H28N6OS/c1-17-4-9-20(10-5-17)28-15-24-30-31-26(32(24)22-12-6-18(2)7-13-22)34-16-25(33)29-21-11-8-19(3)23(27)14-21/h4-14,28H,15-16,27H2,1-3H3,(H,29,33). The van der Waals surface area contributed by atoms with Crippen molar-refractivity contribution in [1.82, 2.24) is 14.8 Å². The molecule has 0 fully saturated rings. The minimum absolute atomic E-state index is 0.133. The maximum absolute atomic E-state index is 12.6. The van der Waals surface area contributed by atoms with Gasteiger partial charge in [0.25, 0.3) is 0 Å². The Hall–Kier alpha value is -3.78. The first-order chi connectivity index (χ1) is 16.4. The average Bonchev–Trinajstić information content (AvgIpc) is 3.23. The highest BCUT2D eigenvalue weighted by molar-refractivity contribution is 7.99. The third-order valence-electron chi connectivity index (χ3n) is 5.39. The van der Waals surface area contributed by atoms with Crippen LogP contribution in [0.1, 0.15) is 22.5 Å². The highest BCUT2D eigenvalue weighted by Gasteiger charge is 2.16. The van der Waals surface area contributed by atoms with Crippen LogP contribution >= 0.6 is 11.8 Å². The summed E-state index contributed by atoms with van der Waals surface area (Å²) in [4.78, 5) is 12.6. The molecule has 4 rings (SSSR count). The van der Waals surface area contributed by atoms with Gasteiger partial charge < -0.3 is 16.4 Å². The zero-order valence-electron chi connectivity index (χ0n) is 19.5. The first-order valence-corrected chi connectivity index (χ1v) is 12.0. The second-order valence-corrected chi connectivity index (χ2v) is 9.14. The number of nitrogen functional groups attached to an aromatic ring is 1. The van der Waals surface area contributed by atoms with E-state index in [1.165, 1.54) is 22.9 Å². The van der Waals surface area contributed by atoms with Crippen molar-refractivity contribution in [2.75, 3.05) is 22.1 Å². The van der Waals surface area contributed by atoms with E-state index >= 15 is 0 Å². The van der Waals surface area contributed by atoms with E-state index in [0.717, 1.165) is 22.8 Å². The van der Waals surface area contributed by atoms with Crippen molar-refractivity contribution in [3.05, 3.63) is 89.2 Å². The van der Waals surface area contributed by atoms with E-state index in [1.807, 2.05) is 54.8 Å². The van der Waals surface area contributed by atoms with Crippen LogP contribution in [0, 0.1) is 20.8 Å². The minimum Gasteiger partial charge on any atom is -0.398 e. The van der Waals surface area contributed by atoms with E-state index in [2.05, 4.69) is 52.0 Å². The van der Waals surface area contributed by atoms with Crippen LogP contribution in [-0.2, 0) is 11.3 Å². The normalized spacial score (nSPS) is 10.8. The number of rotatable bonds is 8. The summed E-state index contributed by atoms with van der Waals surface area (Å²) in [6, 6.07) is 21.9. The minimum atomic E-state index is -0.133. The Morgan fingerprint density at radius 1 is 0.912 bits per heavy atom. The van der Waals surface area contributed by atoms with Gasteiger partial charge in [0.1, 0.15) is 0 Å². The molecule has 0 atom stereocenters. The van der Waals surface area contributed by atoms with Crippen LogP contribution in [0.15, 0.2) is 71.9 Å². The molecule has 8 heteroatoms. The summed E-state index contributed by atoms with van der Waals surface area (Å²) in [5.41, 5.74) is 12.6. The number of nitrogens with two attached hydrogens (primary N) is 1. The number of nitrogens with zero attached hydrogens (tertiary/aromatic N) is 3. The first-order valence-electron chi connectivity index (χ1n) is 11.0. The molecule has 0 bridgehead atoms. The number of aryl methyl sites for hydroxylation is 3. The topological polar surface area (TPSA) is 97.9 Å². The smallest absolute Gasteiger partial charge is 0.234 e. The number of benzene rings is 3. The molecular formula is C26H28N6OS. The summed E-state index contributed by atoms with van der Waals surface area (Å²) >= 11 is 1.34. The number of amides is 1. The SMILES string of the molecule is Cc1ccc(NCc2nnc(SCC(=O)Nc3ccc(C)c(N)c3)n2-c2ccc(C)cc2)cc1. The summed E-state index contributed by atoms with van der Waals surface area (Å²) in [5.74, 6) is 0.827. The van der Waals surface area contributed by atoms with E-state index < -0.39 is 0 Å². The molecule has 0 radical (unpaired) electrons. The fourth-order valence-electron chi connectivity index (χ4n) is 3.36. The molecular weight excluding hydrogens is 444 g/mol. The number of carbonyl (C=O) groups is 1. The fraction of sp³-hybridized carbons (Fsp3) is 0.192. The van der Waals surface area contributed by atoms with Crippen molar-refractivity contribution in [2.45, 2.75) is 32.5 Å². The van der Waals surface area contributed by atoms with Gasteiger partial charge in [-0.25, -0.2) is 0 Å². The third-order valence-corrected chi connectivity index (χ3v) is 6.32. The number of thioether (sulfide) groups is 1. The second kappa shape index (κ2) is 10.4. The predicted molar refractivity (Wildman–Crippen MR) is 140 cm³/mol. The quantitative estimate of drug-likeness (QED) is 0.243. The van der Waals surface area contributed by atoms with Gasteiger partial charge in [-0.05, 0) is 62.7 Å².